The van der Waals surface area contributed by atoms with E-state index in [0.29, 0.717) is 29.8 Å². The van der Waals surface area contributed by atoms with Crippen LogP contribution in [0.25, 0.3) is 44.3 Å². The molecule has 10 nitrogen and oxygen atoms in total. The lowest BCUT2D eigenvalue weighted by molar-refractivity contribution is -0.385. The molecule has 4 aromatic heterocycles. The third-order valence-electron chi connectivity index (χ3n) is 11.3. The molecule has 0 aliphatic rings. The number of nitro groups is 1. The predicted octanol–water partition coefficient (Wildman–Crippen LogP) is 11.1. The van der Waals surface area contributed by atoms with E-state index in [1.807, 2.05) is 81.2 Å². The molecule has 60 heavy (non-hydrogen) atoms. The highest BCUT2D eigenvalue weighted by Gasteiger charge is 2.22. The number of nitrogens with two attached hydrogens (primary N) is 1. The second-order valence-corrected chi connectivity index (χ2v) is 15.6. The quantitative estimate of drug-likeness (QED) is 0.0782. The van der Waals surface area contributed by atoms with Gasteiger partial charge >= 0.3 is 0 Å². The van der Waals surface area contributed by atoms with Crippen LogP contribution in [0.2, 0.25) is 0 Å². The zero-order valence-electron chi connectivity index (χ0n) is 34.7. The van der Waals surface area contributed by atoms with Gasteiger partial charge in [0.05, 0.1) is 16.0 Å². The normalized spacial score (nSPS) is 12.3. The minimum Gasteiger partial charge on any atom is -0.398 e. The van der Waals surface area contributed by atoms with E-state index in [1.54, 1.807) is 36.1 Å². The van der Waals surface area contributed by atoms with Gasteiger partial charge in [-0.1, -0.05) is 38.1 Å². The summed E-state index contributed by atoms with van der Waals surface area (Å²) in [6.07, 6.45) is 6.58. The number of fused-ring (bicyclic) bond motifs is 2. The smallest absolute Gasteiger partial charge is 0.274 e. The molecule has 0 spiro atoms. The molecule has 0 saturated carbocycles. The van der Waals surface area contributed by atoms with Crippen LogP contribution in [0.4, 0.5) is 20.2 Å². The average molecular weight is 807 g/mol. The van der Waals surface area contributed by atoms with Crippen LogP contribution in [0.3, 0.4) is 0 Å². The van der Waals surface area contributed by atoms with E-state index >= 15 is 0 Å². The van der Waals surface area contributed by atoms with Crippen LogP contribution in [-0.4, -0.2) is 34.5 Å². The second kappa shape index (κ2) is 17.6. The van der Waals surface area contributed by atoms with E-state index in [0.717, 1.165) is 85.4 Å². The summed E-state index contributed by atoms with van der Waals surface area (Å²) < 4.78 is 29.9. The molecule has 0 bridgehead atoms. The van der Waals surface area contributed by atoms with E-state index < -0.39 is 0 Å². The number of aromatic nitrogens is 6. The van der Waals surface area contributed by atoms with E-state index in [1.165, 1.54) is 24.3 Å². The Labute approximate surface area is 347 Å². The molecular formula is C48H48F2N8O2. The minimum atomic E-state index is -0.333. The average Bonchev–Trinajstić information content (AvgIpc) is 3.73. The highest BCUT2D eigenvalue weighted by molar-refractivity contribution is 5.96. The van der Waals surface area contributed by atoms with Gasteiger partial charge in [-0.15, -0.1) is 0 Å². The number of nitrogen functional groups attached to an aromatic ring is 1. The van der Waals surface area contributed by atoms with Gasteiger partial charge in [-0.25, -0.2) is 8.78 Å². The summed E-state index contributed by atoms with van der Waals surface area (Å²) in [4.78, 5) is 20.0. The second-order valence-electron chi connectivity index (χ2n) is 15.6. The van der Waals surface area contributed by atoms with Crippen LogP contribution in [0.15, 0.2) is 109 Å². The molecule has 8 rings (SSSR count). The fourth-order valence-electron chi connectivity index (χ4n) is 7.76. The first-order chi connectivity index (χ1) is 28.7. The number of nitro benzene ring substituents is 1. The summed E-state index contributed by atoms with van der Waals surface area (Å²) in [5, 5.41) is 23.1. The molecule has 8 aromatic rings. The van der Waals surface area contributed by atoms with Gasteiger partial charge in [0.2, 0.25) is 0 Å². The van der Waals surface area contributed by atoms with Crippen molar-refractivity contribution in [2.45, 2.75) is 65.2 Å². The lowest BCUT2D eigenvalue weighted by Gasteiger charge is -2.13. The Kier molecular flexibility index (Phi) is 12.1. The zero-order chi connectivity index (χ0) is 42.7. The fraction of sp³-hybridized carbons (Fsp3) is 0.250. The molecule has 0 radical (unpaired) electrons. The van der Waals surface area contributed by atoms with Gasteiger partial charge in [-0.2, -0.15) is 10.2 Å². The molecule has 4 aromatic carbocycles. The molecule has 0 saturated heterocycles. The molecule has 0 amide bonds. The lowest BCUT2D eigenvalue weighted by Crippen LogP contribution is -2.01. The molecule has 0 aliphatic heterocycles. The molecule has 0 aliphatic carbocycles. The molecule has 0 fully saturated rings. The number of anilines is 1. The van der Waals surface area contributed by atoms with Crippen LogP contribution in [0, 0.1) is 35.6 Å². The zero-order valence-corrected chi connectivity index (χ0v) is 34.7. The fourth-order valence-corrected chi connectivity index (χ4v) is 7.76. The molecule has 2 atom stereocenters. The minimum absolute atomic E-state index is 0.0965. The Morgan fingerprint density at radius 3 is 1.53 bits per heavy atom. The number of aryl methyl sites for hydroxylation is 6. The first-order valence-corrected chi connectivity index (χ1v) is 20.0. The Bertz CT molecular complexity index is 2810. The maximum absolute atomic E-state index is 13.2. The summed E-state index contributed by atoms with van der Waals surface area (Å²) in [6.45, 7) is 8.11. The van der Waals surface area contributed by atoms with Crippen molar-refractivity contribution in [3.05, 3.63) is 165 Å². The standard InChI is InChI=1S/C24H23FN4O2.C24H25FN4/c1-15(17-6-8-20(25)9-7-17)4-5-18-13-21-23(14-22(18)29(30)31)28(3)27-24(21)19-10-11-26-16(2)12-19;1-15(17-6-8-20(25)9-7-17)4-5-18-13-21-23(14-22(18)26)29(3)28-24(21)19-10-11-27-16(2)12-19/h6-15H,4-5H2,1-3H3;6-15H,4-5,26H2,1-3H3/t2*15-/m00/s1. The van der Waals surface area contributed by atoms with Gasteiger partial charge in [0.15, 0.2) is 0 Å². The predicted molar refractivity (Wildman–Crippen MR) is 235 cm³/mol. The Balaban J connectivity index is 0.000000182. The van der Waals surface area contributed by atoms with Gasteiger partial charge < -0.3 is 5.73 Å². The molecule has 12 heteroatoms. The topological polar surface area (TPSA) is 131 Å². The van der Waals surface area contributed by atoms with Crippen LogP contribution in [0.1, 0.15) is 72.2 Å². The maximum Gasteiger partial charge on any atom is 0.274 e. The Morgan fingerprint density at radius 1 is 0.650 bits per heavy atom. The van der Waals surface area contributed by atoms with Gasteiger partial charge in [0.25, 0.3) is 5.69 Å². The van der Waals surface area contributed by atoms with Crippen molar-refractivity contribution in [2.75, 3.05) is 5.73 Å². The highest BCUT2D eigenvalue weighted by atomic mass is 19.1. The van der Waals surface area contributed by atoms with Crippen LogP contribution in [-0.2, 0) is 26.9 Å². The number of rotatable bonds is 11. The first-order valence-electron chi connectivity index (χ1n) is 20.0. The molecule has 4 heterocycles. The van der Waals surface area contributed by atoms with Gasteiger partial charge in [0, 0.05) is 77.1 Å². The van der Waals surface area contributed by atoms with Crippen molar-refractivity contribution in [2.24, 2.45) is 14.1 Å². The van der Waals surface area contributed by atoms with E-state index in [4.69, 9.17) is 10.8 Å². The summed E-state index contributed by atoms with van der Waals surface area (Å²) in [5.41, 5.74) is 18.5. The summed E-state index contributed by atoms with van der Waals surface area (Å²) in [6, 6.07) is 28.7. The van der Waals surface area contributed by atoms with Crippen molar-refractivity contribution < 1.29 is 13.7 Å². The molecule has 2 N–H and O–H groups in total. The van der Waals surface area contributed by atoms with Crippen molar-refractivity contribution in [3.63, 3.8) is 0 Å². The third kappa shape index (κ3) is 9.07. The number of hydrogen-bond acceptors (Lipinski definition) is 7. The van der Waals surface area contributed by atoms with Crippen molar-refractivity contribution in [3.8, 4) is 22.5 Å². The number of benzene rings is 4. The van der Waals surface area contributed by atoms with E-state index in [2.05, 4.69) is 34.1 Å². The van der Waals surface area contributed by atoms with Gasteiger partial charge in [-0.3, -0.25) is 29.4 Å². The number of halogens is 2. The number of nitrogens with zero attached hydrogens (tertiary/aromatic N) is 7. The Morgan fingerprint density at radius 2 is 1.08 bits per heavy atom. The Hall–Kier alpha value is -6.82. The van der Waals surface area contributed by atoms with Crippen LogP contribution in [0.5, 0.6) is 0 Å². The van der Waals surface area contributed by atoms with Gasteiger partial charge in [0.1, 0.15) is 23.0 Å². The van der Waals surface area contributed by atoms with Crippen LogP contribution >= 0.6 is 0 Å². The summed E-state index contributed by atoms with van der Waals surface area (Å²) in [7, 11) is 3.73. The van der Waals surface area contributed by atoms with Gasteiger partial charge in [-0.05, 0) is 135 Å². The van der Waals surface area contributed by atoms with Crippen molar-refractivity contribution in [1.29, 1.82) is 0 Å². The molecule has 306 valence electrons. The van der Waals surface area contributed by atoms with E-state index in [9.17, 15) is 18.9 Å². The lowest BCUT2D eigenvalue weighted by atomic mass is 9.93. The maximum atomic E-state index is 13.2. The largest absolute Gasteiger partial charge is 0.398 e. The number of pyridine rings is 2. The van der Waals surface area contributed by atoms with E-state index in [-0.39, 0.29) is 28.2 Å². The summed E-state index contributed by atoms with van der Waals surface area (Å²) in [5.74, 6) is -0.00683. The summed E-state index contributed by atoms with van der Waals surface area (Å²) >= 11 is 0. The molecule has 0 unspecified atom stereocenters. The molecular weight excluding hydrogens is 759 g/mol. The first kappa shape index (κ1) is 41.3. The highest BCUT2D eigenvalue weighted by Crippen LogP contribution is 2.35. The third-order valence-corrected chi connectivity index (χ3v) is 11.3. The monoisotopic (exact) mass is 806 g/mol. The van der Waals surface area contributed by atoms with Crippen molar-refractivity contribution >= 4 is 33.2 Å². The van der Waals surface area contributed by atoms with Crippen molar-refractivity contribution in [1.82, 2.24) is 29.5 Å². The van der Waals surface area contributed by atoms with Crippen LogP contribution < -0.4 is 5.73 Å². The number of hydrogen-bond donors (Lipinski definition) is 1. The SMILES string of the molecule is Cc1cc(-c2nn(C)c3cc(N)c(CC[C@H](C)c4ccc(F)cc4)cc23)ccn1.Cc1cc(-c2nn(C)c3cc([N+](=O)[O-])c(CC[C@H](C)c4ccc(F)cc4)cc23)ccn1.